The van der Waals surface area contributed by atoms with Crippen LogP contribution in [0.25, 0.3) is 16.6 Å². The Hall–Kier alpha value is -2.76. The number of halogens is 3. The molecule has 1 N–H and O–H groups in total. The first-order chi connectivity index (χ1) is 10.8. The van der Waals surface area contributed by atoms with E-state index in [-0.39, 0.29) is 5.56 Å². The standard InChI is InChI=1S/C17H12F3NO2/c1-10-9-21(13-5-3-12(4-6-13)17(18,19)20)15-7-2-11(16(22)23)8-14(10)15/h2-9H,1H3,(H,22,23). The van der Waals surface area contributed by atoms with Crippen molar-refractivity contribution in [3.8, 4) is 5.69 Å². The smallest absolute Gasteiger partial charge is 0.416 e. The molecule has 0 spiro atoms. The van der Waals surface area contributed by atoms with Gasteiger partial charge in [-0.2, -0.15) is 13.2 Å². The Kier molecular flexibility index (Phi) is 3.39. The molecule has 0 saturated heterocycles. The summed E-state index contributed by atoms with van der Waals surface area (Å²) >= 11 is 0. The number of aromatic carboxylic acids is 1. The summed E-state index contributed by atoms with van der Waals surface area (Å²) in [5.74, 6) is -1.02. The van der Waals surface area contributed by atoms with Gasteiger partial charge in [-0.05, 0) is 55.0 Å². The molecule has 0 bridgehead atoms. The number of carboxylic acids is 1. The Bertz CT molecular complexity index is 893. The minimum absolute atomic E-state index is 0.172. The van der Waals surface area contributed by atoms with E-state index < -0.39 is 17.7 Å². The van der Waals surface area contributed by atoms with Gasteiger partial charge in [0.05, 0.1) is 16.6 Å². The number of carbonyl (C=O) groups is 1. The summed E-state index contributed by atoms with van der Waals surface area (Å²) in [6.07, 6.45) is -2.59. The number of carboxylic acid groups (broad SMARTS) is 1. The van der Waals surface area contributed by atoms with Gasteiger partial charge in [0.1, 0.15) is 0 Å². The third kappa shape index (κ3) is 2.67. The summed E-state index contributed by atoms with van der Waals surface area (Å²) in [7, 11) is 0. The monoisotopic (exact) mass is 319 g/mol. The molecule has 23 heavy (non-hydrogen) atoms. The molecule has 0 aliphatic rings. The molecule has 2 aromatic carbocycles. The third-order valence-electron chi connectivity index (χ3n) is 3.72. The van der Waals surface area contributed by atoms with Crippen molar-refractivity contribution in [3.63, 3.8) is 0 Å². The van der Waals surface area contributed by atoms with Crippen LogP contribution in [0.2, 0.25) is 0 Å². The van der Waals surface area contributed by atoms with Crippen molar-refractivity contribution in [2.24, 2.45) is 0 Å². The molecule has 0 saturated carbocycles. The summed E-state index contributed by atoms with van der Waals surface area (Å²) < 4.78 is 39.7. The van der Waals surface area contributed by atoms with Crippen LogP contribution in [0.4, 0.5) is 13.2 Å². The van der Waals surface area contributed by atoms with Crippen molar-refractivity contribution in [3.05, 3.63) is 65.4 Å². The van der Waals surface area contributed by atoms with E-state index in [4.69, 9.17) is 5.11 Å². The molecular weight excluding hydrogens is 307 g/mol. The molecule has 1 aromatic heterocycles. The highest BCUT2D eigenvalue weighted by atomic mass is 19.4. The highest BCUT2D eigenvalue weighted by Gasteiger charge is 2.30. The molecule has 6 heteroatoms. The van der Waals surface area contributed by atoms with Gasteiger partial charge in [0.15, 0.2) is 0 Å². The highest BCUT2D eigenvalue weighted by Crippen LogP contribution is 2.31. The Morgan fingerprint density at radius 3 is 2.30 bits per heavy atom. The highest BCUT2D eigenvalue weighted by molar-refractivity contribution is 5.95. The lowest BCUT2D eigenvalue weighted by Crippen LogP contribution is -2.04. The van der Waals surface area contributed by atoms with Crippen LogP contribution in [0.1, 0.15) is 21.5 Å². The fourth-order valence-electron chi connectivity index (χ4n) is 2.55. The van der Waals surface area contributed by atoms with Crippen LogP contribution in [0, 0.1) is 6.92 Å². The second-order valence-corrected chi connectivity index (χ2v) is 5.26. The van der Waals surface area contributed by atoms with E-state index in [1.807, 2.05) is 6.92 Å². The molecule has 1 heterocycles. The van der Waals surface area contributed by atoms with Gasteiger partial charge in [-0.25, -0.2) is 4.79 Å². The first-order valence-electron chi connectivity index (χ1n) is 6.80. The summed E-state index contributed by atoms with van der Waals surface area (Å²) in [5.41, 5.74) is 1.64. The Balaban J connectivity index is 2.12. The molecule has 3 aromatic rings. The zero-order chi connectivity index (χ0) is 16.8. The summed E-state index contributed by atoms with van der Waals surface area (Å²) in [5, 5.41) is 9.81. The molecule has 0 fully saturated rings. The lowest BCUT2D eigenvalue weighted by molar-refractivity contribution is -0.137. The fourth-order valence-corrected chi connectivity index (χ4v) is 2.55. The zero-order valence-electron chi connectivity index (χ0n) is 12.1. The van der Waals surface area contributed by atoms with Crippen LogP contribution in [0.3, 0.4) is 0 Å². The Morgan fingerprint density at radius 1 is 1.09 bits per heavy atom. The van der Waals surface area contributed by atoms with Crippen LogP contribution in [-0.2, 0) is 6.18 Å². The third-order valence-corrected chi connectivity index (χ3v) is 3.72. The summed E-state index contributed by atoms with van der Waals surface area (Å²) in [4.78, 5) is 11.1. The number of hydrogen-bond donors (Lipinski definition) is 1. The van der Waals surface area contributed by atoms with E-state index in [0.717, 1.165) is 28.6 Å². The molecule has 3 rings (SSSR count). The number of aromatic nitrogens is 1. The van der Waals surface area contributed by atoms with Gasteiger partial charge in [0, 0.05) is 17.3 Å². The summed E-state index contributed by atoms with van der Waals surface area (Å²) in [6, 6.07) is 9.55. The maximum Gasteiger partial charge on any atom is 0.416 e. The topological polar surface area (TPSA) is 42.2 Å². The van der Waals surface area contributed by atoms with Crippen LogP contribution in [-0.4, -0.2) is 15.6 Å². The largest absolute Gasteiger partial charge is 0.478 e. The van der Waals surface area contributed by atoms with Crippen LogP contribution in [0.15, 0.2) is 48.7 Å². The molecular formula is C17H12F3NO2. The number of alkyl halides is 3. The van der Waals surface area contributed by atoms with Crippen molar-refractivity contribution >= 4 is 16.9 Å². The molecule has 0 aliphatic carbocycles. The van der Waals surface area contributed by atoms with Crippen molar-refractivity contribution in [2.45, 2.75) is 13.1 Å². The van der Waals surface area contributed by atoms with E-state index >= 15 is 0 Å². The number of aryl methyl sites for hydroxylation is 1. The Morgan fingerprint density at radius 2 is 1.74 bits per heavy atom. The Labute approximate surface area is 129 Å². The maximum atomic E-state index is 12.6. The van der Waals surface area contributed by atoms with Gasteiger partial charge in [-0.15, -0.1) is 0 Å². The number of hydrogen-bond acceptors (Lipinski definition) is 1. The number of benzene rings is 2. The van der Waals surface area contributed by atoms with E-state index in [2.05, 4.69) is 0 Å². The van der Waals surface area contributed by atoms with Gasteiger partial charge in [-0.3, -0.25) is 0 Å². The number of nitrogens with zero attached hydrogens (tertiary/aromatic N) is 1. The van der Waals surface area contributed by atoms with Crippen LogP contribution >= 0.6 is 0 Å². The number of rotatable bonds is 2. The molecule has 0 atom stereocenters. The van der Waals surface area contributed by atoms with E-state index in [9.17, 15) is 18.0 Å². The predicted octanol–water partition coefficient (Wildman–Crippen LogP) is 4.66. The average Bonchev–Trinajstić information content (AvgIpc) is 2.83. The molecule has 0 radical (unpaired) electrons. The lowest BCUT2D eigenvalue weighted by Gasteiger charge is -2.09. The van der Waals surface area contributed by atoms with Gasteiger partial charge in [-0.1, -0.05) is 0 Å². The first-order valence-corrected chi connectivity index (χ1v) is 6.80. The number of fused-ring (bicyclic) bond motifs is 1. The minimum Gasteiger partial charge on any atom is -0.478 e. The maximum absolute atomic E-state index is 12.6. The molecule has 0 amide bonds. The predicted molar refractivity (Wildman–Crippen MR) is 80.0 cm³/mol. The quantitative estimate of drug-likeness (QED) is 0.746. The second kappa shape index (κ2) is 5.15. The SMILES string of the molecule is Cc1cn(-c2ccc(C(F)(F)F)cc2)c2ccc(C(=O)O)cc12. The molecule has 118 valence electrons. The van der Waals surface area contributed by atoms with Gasteiger partial charge >= 0.3 is 12.1 Å². The van der Waals surface area contributed by atoms with Crippen LogP contribution in [0.5, 0.6) is 0 Å². The summed E-state index contributed by atoms with van der Waals surface area (Å²) in [6.45, 7) is 1.83. The normalized spacial score (nSPS) is 11.8. The van der Waals surface area contributed by atoms with Crippen molar-refractivity contribution in [1.29, 1.82) is 0 Å². The average molecular weight is 319 g/mol. The molecule has 0 aliphatic heterocycles. The fraction of sp³-hybridized carbons (Fsp3) is 0.118. The van der Waals surface area contributed by atoms with Gasteiger partial charge in [0.2, 0.25) is 0 Å². The zero-order valence-corrected chi connectivity index (χ0v) is 12.1. The van der Waals surface area contributed by atoms with E-state index in [1.165, 1.54) is 18.2 Å². The molecule has 3 nitrogen and oxygen atoms in total. The van der Waals surface area contributed by atoms with Crippen molar-refractivity contribution in [2.75, 3.05) is 0 Å². The van der Waals surface area contributed by atoms with Gasteiger partial charge < -0.3 is 9.67 Å². The van der Waals surface area contributed by atoms with Crippen LogP contribution < -0.4 is 0 Å². The van der Waals surface area contributed by atoms with Crippen molar-refractivity contribution < 1.29 is 23.1 Å². The lowest BCUT2D eigenvalue weighted by atomic mass is 10.1. The van der Waals surface area contributed by atoms with Gasteiger partial charge in [0.25, 0.3) is 0 Å². The van der Waals surface area contributed by atoms with E-state index in [1.54, 1.807) is 22.9 Å². The second-order valence-electron chi connectivity index (χ2n) is 5.26. The minimum atomic E-state index is -4.37. The van der Waals surface area contributed by atoms with E-state index in [0.29, 0.717) is 5.69 Å². The molecule has 0 unspecified atom stereocenters. The first kappa shape index (κ1) is 15.1. The van der Waals surface area contributed by atoms with Crippen molar-refractivity contribution in [1.82, 2.24) is 4.57 Å².